The third-order valence-electron chi connectivity index (χ3n) is 3.76. The number of benzene rings is 1. The average Bonchev–Trinajstić information content (AvgIpc) is 2.43. The lowest BCUT2D eigenvalue weighted by Crippen LogP contribution is -2.49. The molecule has 0 aliphatic heterocycles. The smallest absolute Gasteiger partial charge is 0.0589 e. The van der Waals surface area contributed by atoms with Crippen molar-refractivity contribution in [2.45, 2.75) is 38.8 Å². The summed E-state index contributed by atoms with van der Waals surface area (Å²) in [5.41, 5.74) is 7.37. The largest absolute Gasteiger partial charge is 0.383 e. The van der Waals surface area contributed by atoms with E-state index in [1.54, 1.807) is 7.11 Å². The molecule has 19 heavy (non-hydrogen) atoms. The van der Waals surface area contributed by atoms with Crippen LogP contribution in [0, 0.1) is 0 Å². The molecule has 0 saturated carbocycles. The van der Waals surface area contributed by atoms with Gasteiger partial charge in [-0.15, -0.1) is 0 Å². The maximum Gasteiger partial charge on any atom is 0.0589 e. The van der Waals surface area contributed by atoms with E-state index in [1.165, 1.54) is 5.56 Å². The van der Waals surface area contributed by atoms with Crippen LogP contribution in [0.3, 0.4) is 0 Å². The molecule has 2 unspecified atom stereocenters. The number of ether oxygens (including phenoxy) is 1. The van der Waals surface area contributed by atoms with Crippen molar-refractivity contribution in [2.24, 2.45) is 5.73 Å². The van der Waals surface area contributed by atoms with E-state index in [0.29, 0.717) is 6.04 Å². The van der Waals surface area contributed by atoms with Crippen molar-refractivity contribution in [1.82, 2.24) is 4.90 Å². The molecule has 0 fully saturated rings. The number of nitrogens with zero attached hydrogens (tertiary/aromatic N) is 1. The van der Waals surface area contributed by atoms with Crippen LogP contribution in [-0.4, -0.2) is 37.7 Å². The molecule has 3 heteroatoms. The molecule has 0 radical (unpaired) electrons. The summed E-state index contributed by atoms with van der Waals surface area (Å²) in [7, 11) is 1.74. The number of hydrogen-bond donors (Lipinski definition) is 1. The first kappa shape index (κ1) is 16.2. The van der Waals surface area contributed by atoms with E-state index in [4.69, 9.17) is 10.5 Å². The summed E-state index contributed by atoms with van der Waals surface area (Å²) in [4.78, 5) is 2.41. The molecule has 1 aromatic rings. The van der Waals surface area contributed by atoms with Crippen molar-refractivity contribution in [3.63, 3.8) is 0 Å². The van der Waals surface area contributed by atoms with E-state index in [-0.39, 0.29) is 5.54 Å². The minimum absolute atomic E-state index is 0.335. The van der Waals surface area contributed by atoms with Gasteiger partial charge < -0.3 is 10.5 Å². The van der Waals surface area contributed by atoms with Gasteiger partial charge >= 0.3 is 0 Å². The molecule has 0 aliphatic carbocycles. The quantitative estimate of drug-likeness (QED) is 0.784. The van der Waals surface area contributed by atoms with Crippen LogP contribution in [-0.2, 0) is 10.3 Å². The number of rotatable bonds is 8. The molecular weight excluding hydrogens is 236 g/mol. The van der Waals surface area contributed by atoms with Gasteiger partial charge in [-0.3, -0.25) is 4.90 Å². The van der Waals surface area contributed by atoms with Crippen molar-refractivity contribution in [3.8, 4) is 0 Å². The van der Waals surface area contributed by atoms with Gasteiger partial charge in [-0.05, 0) is 25.8 Å². The van der Waals surface area contributed by atoms with Gasteiger partial charge in [0.1, 0.15) is 0 Å². The second-order valence-electron chi connectivity index (χ2n) is 5.50. The maximum absolute atomic E-state index is 6.52. The van der Waals surface area contributed by atoms with Crippen LogP contribution in [0.1, 0.15) is 32.8 Å². The summed E-state index contributed by atoms with van der Waals surface area (Å²) in [5, 5.41) is 0. The fourth-order valence-electron chi connectivity index (χ4n) is 2.25. The van der Waals surface area contributed by atoms with E-state index >= 15 is 0 Å². The molecule has 0 spiro atoms. The Morgan fingerprint density at radius 3 is 2.47 bits per heavy atom. The zero-order valence-corrected chi connectivity index (χ0v) is 12.7. The molecule has 0 aliphatic rings. The fourth-order valence-corrected chi connectivity index (χ4v) is 2.25. The van der Waals surface area contributed by atoms with Crippen molar-refractivity contribution < 1.29 is 4.74 Å². The predicted octanol–water partition coefficient (Wildman–Crippen LogP) is 2.61. The second-order valence-corrected chi connectivity index (χ2v) is 5.50. The highest BCUT2D eigenvalue weighted by Crippen LogP contribution is 2.20. The van der Waals surface area contributed by atoms with Crippen LogP contribution in [0.25, 0.3) is 0 Å². The molecule has 1 aromatic carbocycles. The minimum Gasteiger partial charge on any atom is -0.383 e. The summed E-state index contributed by atoms with van der Waals surface area (Å²) in [5.74, 6) is 0. The Balaban J connectivity index is 2.76. The Morgan fingerprint density at radius 1 is 1.32 bits per heavy atom. The topological polar surface area (TPSA) is 38.5 Å². The van der Waals surface area contributed by atoms with E-state index < -0.39 is 0 Å². The monoisotopic (exact) mass is 264 g/mol. The van der Waals surface area contributed by atoms with E-state index in [9.17, 15) is 0 Å². The van der Waals surface area contributed by atoms with E-state index in [2.05, 4.69) is 37.8 Å². The molecule has 3 nitrogen and oxygen atoms in total. The lowest BCUT2D eigenvalue weighted by Gasteiger charge is -2.36. The summed E-state index contributed by atoms with van der Waals surface area (Å²) in [6, 6.07) is 10.8. The van der Waals surface area contributed by atoms with Crippen LogP contribution < -0.4 is 5.73 Å². The molecule has 0 amide bonds. The van der Waals surface area contributed by atoms with Crippen LogP contribution in [0.4, 0.5) is 0 Å². The Bertz CT molecular complexity index is 351. The summed E-state index contributed by atoms with van der Waals surface area (Å²) in [6.45, 7) is 9.07. The molecule has 0 aromatic heterocycles. The molecule has 108 valence electrons. The number of nitrogens with two attached hydrogens (primary N) is 1. The first-order valence-electron chi connectivity index (χ1n) is 7.08. The minimum atomic E-state index is -0.335. The summed E-state index contributed by atoms with van der Waals surface area (Å²) >= 11 is 0. The zero-order valence-electron chi connectivity index (χ0n) is 12.7. The van der Waals surface area contributed by atoms with Crippen molar-refractivity contribution in [3.05, 3.63) is 35.9 Å². The van der Waals surface area contributed by atoms with Gasteiger partial charge in [0.2, 0.25) is 0 Å². The van der Waals surface area contributed by atoms with E-state index in [1.807, 2.05) is 18.2 Å². The fraction of sp³-hybridized carbons (Fsp3) is 0.625. The molecule has 1 rings (SSSR count). The second kappa shape index (κ2) is 7.63. The average molecular weight is 264 g/mol. The Kier molecular flexibility index (Phi) is 6.49. The van der Waals surface area contributed by atoms with Gasteiger partial charge in [-0.25, -0.2) is 0 Å². The lowest BCUT2D eigenvalue weighted by atomic mass is 9.92. The maximum atomic E-state index is 6.52. The van der Waals surface area contributed by atoms with Gasteiger partial charge in [0, 0.05) is 26.2 Å². The lowest BCUT2D eigenvalue weighted by molar-refractivity contribution is 0.105. The molecule has 0 heterocycles. The van der Waals surface area contributed by atoms with Gasteiger partial charge in [0.05, 0.1) is 12.1 Å². The first-order valence-corrected chi connectivity index (χ1v) is 7.08. The third-order valence-corrected chi connectivity index (χ3v) is 3.76. The molecular formula is C16H28N2O. The highest BCUT2D eigenvalue weighted by molar-refractivity contribution is 5.23. The zero-order chi connectivity index (χ0) is 14.3. The first-order chi connectivity index (χ1) is 9.01. The van der Waals surface area contributed by atoms with Crippen LogP contribution in [0.15, 0.2) is 30.3 Å². The molecule has 0 saturated heterocycles. The van der Waals surface area contributed by atoms with E-state index in [0.717, 1.165) is 26.1 Å². The van der Waals surface area contributed by atoms with Gasteiger partial charge in [0.15, 0.2) is 0 Å². The molecule has 2 atom stereocenters. The standard InChI is InChI=1S/C16H28N2O/c1-5-14(2)18(11-12-19-4)13-16(3,17)15-9-7-6-8-10-15/h6-10,14H,5,11-13,17H2,1-4H3. The Labute approximate surface area is 117 Å². The summed E-state index contributed by atoms with van der Waals surface area (Å²) < 4.78 is 5.20. The third kappa shape index (κ3) is 4.94. The molecule has 2 N–H and O–H groups in total. The Hall–Kier alpha value is -0.900. The summed E-state index contributed by atoms with van der Waals surface area (Å²) in [6.07, 6.45) is 1.12. The van der Waals surface area contributed by atoms with Crippen LogP contribution in [0.5, 0.6) is 0 Å². The SMILES string of the molecule is CCC(C)N(CCOC)CC(C)(N)c1ccccc1. The van der Waals surface area contributed by atoms with Crippen molar-refractivity contribution in [1.29, 1.82) is 0 Å². The normalized spacial score (nSPS) is 16.3. The van der Waals surface area contributed by atoms with Crippen molar-refractivity contribution in [2.75, 3.05) is 26.8 Å². The highest BCUT2D eigenvalue weighted by atomic mass is 16.5. The van der Waals surface area contributed by atoms with Gasteiger partial charge in [-0.1, -0.05) is 37.3 Å². The number of hydrogen-bond acceptors (Lipinski definition) is 3. The van der Waals surface area contributed by atoms with Crippen molar-refractivity contribution >= 4 is 0 Å². The molecule has 0 bridgehead atoms. The van der Waals surface area contributed by atoms with Gasteiger partial charge in [-0.2, -0.15) is 0 Å². The van der Waals surface area contributed by atoms with Gasteiger partial charge in [0.25, 0.3) is 0 Å². The predicted molar refractivity (Wildman–Crippen MR) is 81.2 cm³/mol. The Morgan fingerprint density at radius 2 is 1.95 bits per heavy atom. The van der Waals surface area contributed by atoms with Crippen LogP contribution in [0.2, 0.25) is 0 Å². The van der Waals surface area contributed by atoms with Crippen LogP contribution >= 0.6 is 0 Å². The highest BCUT2D eigenvalue weighted by Gasteiger charge is 2.26. The number of methoxy groups -OCH3 is 1.